The highest BCUT2D eigenvalue weighted by molar-refractivity contribution is 7.94. The summed E-state index contributed by atoms with van der Waals surface area (Å²) in [7, 11) is -3.69. The van der Waals surface area contributed by atoms with Crippen LogP contribution < -0.4 is 10.1 Å². The number of carbonyl (C=O) groups excluding carboxylic acids is 1. The van der Waals surface area contributed by atoms with Gasteiger partial charge in [-0.3, -0.25) is 9.52 Å². The first-order valence-electron chi connectivity index (χ1n) is 8.32. The van der Waals surface area contributed by atoms with Crippen LogP contribution >= 0.6 is 11.3 Å². The average Bonchev–Trinajstić information content (AvgIpc) is 3.24. The Morgan fingerprint density at radius 2 is 1.67 bits per heavy atom. The summed E-state index contributed by atoms with van der Waals surface area (Å²) in [5, 5.41) is 5.36. The van der Waals surface area contributed by atoms with Gasteiger partial charge >= 0.3 is 6.18 Å². The first kappa shape index (κ1) is 21.5. The molecule has 156 valence electrons. The summed E-state index contributed by atoms with van der Waals surface area (Å²) in [4.78, 5) is 12.1. The van der Waals surface area contributed by atoms with Gasteiger partial charge in [0, 0.05) is 11.3 Å². The smallest absolute Gasteiger partial charge is 0.279 e. The molecule has 1 amide bonds. The minimum atomic E-state index is -4.42. The van der Waals surface area contributed by atoms with Gasteiger partial charge in [-0.15, -0.1) is 11.3 Å². The van der Waals surface area contributed by atoms with E-state index in [1.807, 2.05) is 0 Å². The second-order valence-corrected chi connectivity index (χ2v) is 8.79. The lowest BCUT2D eigenvalue weighted by Crippen LogP contribution is -2.17. The van der Waals surface area contributed by atoms with Crippen molar-refractivity contribution in [3.63, 3.8) is 0 Å². The van der Waals surface area contributed by atoms with Crippen LogP contribution in [-0.4, -0.2) is 20.5 Å². The van der Waals surface area contributed by atoms with Gasteiger partial charge in [-0.2, -0.15) is 18.3 Å². The van der Waals surface area contributed by atoms with Gasteiger partial charge in [0.15, 0.2) is 0 Å². The number of hydrogen-bond donors (Lipinski definition) is 2. The Morgan fingerprint density at radius 3 is 2.23 bits per heavy atom. The number of alkyl halides is 3. The van der Waals surface area contributed by atoms with Gasteiger partial charge in [0.1, 0.15) is 4.21 Å². The Bertz CT molecular complexity index is 1140. The van der Waals surface area contributed by atoms with E-state index in [1.54, 1.807) is 11.4 Å². The van der Waals surface area contributed by atoms with Crippen molar-refractivity contribution in [2.24, 2.45) is 5.10 Å². The average molecular weight is 453 g/mol. The van der Waals surface area contributed by atoms with Gasteiger partial charge in [-0.25, -0.2) is 13.8 Å². The zero-order valence-corrected chi connectivity index (χ0v) is 16.7. The van der Waals surface area contributed by atoms with E-state index in [0.29, 0.717) is 5.56 Å². The van der Waals surface area contributed by atoms with Gasteiger partial charge < -0.3 is 0 Å². The van der Waals surface area contributed by atoms with Crippen molar-refractivity contribution in [3.05, 3.63) is 82.7 Å². The van der Waals surface area contributed by atoms with E-state index in [4.69, 9.17) is 0 Å². The quantitative estimate of drug-likeness (QED) is 0.430. The number of hydrogen-bond acceptors (Lipinski definition) is 5. The van der Waals surface area contributed by atoms with E-state index in [2.05, 4.69) is 15.2 Å². The largest absolute Gasteiger partial charge is 0.416 e. The predicted molar refractivity (Wildman–Crippen MR) is 108 cm³/mol. The lowest BCUT2D eigenvalue weighted by molar-refractivity contribution is -0.137. The molecule has 0 aliphatic heterocycles. The molecule has 0 atom stereocenters. The van der Waals surface area contributed by atoms with Gasteiger partial charge in [0.05, 0.1) is 11.8 Å². The van der Waals surface area contributed by atoms with Crippen LogP contribution in [0.25, 0.3) is 0 Å². The van der Waals surface area contributed by atoms with Crippen LogP contribution in [0, 0.1) is 0 Å². The topological polar surface area (TPSA) is 87.6 Å². The van der Waals surface area contributed by atoms with Crippen molar-refractivity contribution in [3.8, 4) is 0 Å². The summed E-state index contributed by atoms with van der Waals surface area (Å²) in [6.45, 7) is 0. The molecule has 1 aromatic heterocycles. The molecule has 0 saturated heterocycles. The summed E-state index contributed by atoms with van der Waals surface area (Å²) >= 11 is 1.08. The Balaban J connectivity index is 1.59. The van der Waals surface area contributed by atoms with Crippen LogP contribution in [0.2, 0.25) is 0 Å². The van der Waals surface area contributed by atoms with Crippen LogP contribution in [0.3, 0.4) is 0 Å². The summed E-state index contributed by atoms with van der Waals surface area (Å²) in [6.07, 6.45) is -3.21. The van der Waals surface area contributed by atoms with Crippen molar-refractivity contribution in [1.29, 1.82) is 0 Å². The number of sulfonamides is 1. The molecule has 0 aliphatic carbocycles. The third-order valence-corrected chi connectivity index (χ3v) is 6.56. The molecule has 0 saturated carbocycles. The maximum atomic E-state index is 12.5. The van der Waals surface area contributed by atoms with Crippen molar-refractivity contribution in [2.45, 2.75) is 10.4 Å². The molecule has 0 bridgehead atoms. The van der Waals surface area contributed by atoms with Crippen LogP contribution in [0.4, 0.5) is 18.9 Å². The second-order valence-electron chi connectivity index (χ2n) is 5.93. The molecule has 3 rings (SSSR count). The second kappa shape index (κ2) is 8.67. The van der Waals surface area contributed by atoms with E-state index in [0.717, 1.165) is 23.5 Å². The van der Waals surface area contributed by atoms with Gasteiger partial charge in [-0.1, -0.05) is 18.2 Å². The van der Waals surface area contributed by atoms with E-state index in [1.165, 1.54) is 48.7 Å². The van der Waals surface area contributed by atoms with Gasteiger partial charge in [0.25, 0.3) is 15.9 Å². The number of nitrogens with one attached hydrogen (secondary N) is 2. The minimum absolute atomic E-state index is 0.168. The standard InChI is InChI=1S/C19H14F3N3O3S2/c20-19(21,22)15-7-3-13(4-8-15)12-23-24-18(26)14-5-9-16(10-6-14)25-30(27,28)17-2-1-11-29-17/h1-12,25H,(H,24,26)/b23-12+. The molecule has 0 spiro atoms. The summed E-state index contributed by atoms with van der Waals surface area (Å²) in [5.74, 6) is -0.564. The molecule has 11 heteroatoms. The highest BCUT2D eigenvalue weighted by Gasteiger charge is 2.29. The number of hydrazone groups is 1. The van der Waals surface area contributed by atoms with E-state index >= 15 is 0 Å². The van der Waals surface area contributed by atoms with Crippen molar-refractivity contribution in [1.82, 2.24) is 5.43 Å². The van der Waals surface area contributed by atoms with Gasteiger partial charge in [0.2, 0.25) is 0 Å². The molecule has 0 radical (unpaired) electrons. The number of carbonyl (C=O) groups is 1. The van der Waals surface area contributed by atoms with Gasteiger partial charge in [-0.05, 0) is 53.4 Å². The molecular formula is C19H14F3N3O3S2. The Morgan fingerprint density at radius 1 is 1.00 bits per heavy atom. The van der Waals surface area contributed by atoms with Crippen molar-refractivity contribution in [2.75, 3.05) is 4.72 Å². The molecule has 2 N–H and O–H groups in total. The number of nitrogens with zero attached hydrogens (tertiary/aromatic N) is 1. The molecule has 6 nitrogen and oxygen atoms in total. The molecule has 0 unspecified atom stereocenters. The van der Waals surface area contributed by atoms with E-state index in [9.17, 15) is 26.4 Å². The third kappa shape index (κ3) is 5.45. The fourth-order valence-electron chi connectivity index (χ4n) is 2.30. The maximum absolute atomic E-state index is 12.5. The number of thiophene rings is 1. The predicted octanol–water partition coefficient (Wildman–Crippen LogP) is 4.33. The van der Waals surface area contributed by atoms with Crippen LogP contribution in [0.15, 0.2) is 75.4 Å². The number of rotatable bonds is 6. The molecule has 3 aromatic rings. The molecule has 0 aliphatic rings. The Labute approximate surface area is 174 Å². The SMILES string of the molecule is O=C(N/N=C/c1ccc(C(F)(F)F)cc1)c1ccc(NS(=O)(=O)c2cccs2)cc1. The molecule has 30 heavy (non-hydrogen) atoms. The lowest BCUT2D eigenvalue weighted by atomic mass is 10.1. The number of amides is 1. The fraction of sp³-hybridized carbons (Fsp3) is 0.0526. The first-order valence-corrected chi connectivity index (χ1v) is 10.7. The Hall–Kier alpha value is -3.18. The number of benzene rings is 2. The number of halogens is 3. The lowest BCUT2D eigenvalue weighted by Gasteiger charge is -2.07. The van der Waals surface area contributed by atoms with Crippen LogP contribution in [0.1, 0.15) is 21.5 Å². The number of anilines is 1. The maximum Gasteiger partial charge on any atom is 0.416 e. The first-order chi connectivity index (χ1) is 14.1. The summed E-state index contributed by atoms with van der Waals surface area (Å²) in [5.41, 5.74) is 2.36. The minimum Gasteiger partial charge on any atom is -0.279 e. The van der Waals surface area contributed by atoms with Crippen molar-refractivity contribution < 1.29 is 26.4 Å². The van der Waals surface area contributed by atoms with Crippen molar-refractivity contribution >= 4 is 39.2 Å². The molecular weight excluding hydrogens is 439 g/mol. The highest BCUT2D eigenvalue weighted by Crippen LogP contribution is 2.28. The Kier molecular flexibility index (Phi) is 6.22. The van der Waals surface area contributed by atoms with E-state index < -0.39 is 27.7 Å². The zero-order valence-electron chi connectivity index (χ0n) is 15.1. The molecule has 1 heterocycles. The highest BCUT2D eigenvalue weighted by atomic mass is 32.2. The third-order valence-electron chi connectivity index (χ3n) is 3.78. The normalized spacial score (nSPS) is 12.1. The summed E-state index contributed by atoms with van der Waals surface area (Å²) in [6, 6.07) is 13.1. The summed E-state index contributed by atoms with van der Waals surface area (Å²) < 4.78 is 64.5. The zero-order chi connectivity index (χ0) is 21.8. The molecule has 2 aromatic carbocycles. The fourth-order valence-corrected chi connectivity index (χ4v) is 4.35. The van der Waals surface area contributed by atoms with E-state index in [-0.39, 0.29) is 15.5 Å². The van der Waals surface area contributed by atoms with Crippen LogP contribution in [0.5, 0.6) is 0 Å². The molecule has 0 fully saturated rings. The monoisotopic (exact) mass is 453 g/mol. The van der Waals surface area contributed by atoms with Crippen LogP contribution in [-0.2, 0) is 16.2 Å².